The lowest BCUT2D eigenvalue weighted by Crippen LogP contribution is -2.26. The van der Waals surface area contributed by atoms with Gasteiger partial charge in [-0.3, -0.25) is 9.59 Å². The van der Waals surface area contributed by atoms with E-state index in [0.29, 0.717) is 29.5 Å². The molecule has 2 N–H and O–H groups in total. The third-order valence-corrected chi connectivity index (χ3v) is 8.35. The summed E-state index contributed by atoms with van der Waals surface area (Å²) in [5.41, 5.74) is 2.47. The normalized spacial score (nSPS) is 15.3. The van der Waals surface area contributed by atoms with Crippen LogP contribution in [0.1, 0.15) is 74.7 Å². The number of carbonyl (C=O) groups is 3. The monoisotopic (exact) mass is 516 g/mol. The SMILES string of the molecule is CCCC(=O)Nc1cccc(SCC(=O)Nc2sc3c(c2C(=O)OCC)CCC(C(C)(C)C)C3)c1. The maximum absolute atomic E-state index is 12.9. The van der Waals surface area contributed by atoms with Crippen molar-refractivity contribution in [3.8, 4) is 0 Å². The van der Waals surface area contributed by atoms with Crippen LogP contribution in [-0.2, 0) is 27.2 Å². The number of hydrogen-bond acceptors (Lipinski definition) is 6. The molecule has 1 aromatic heterocycles. The number of benzene rings is 1. The number of rotatable bonds is 9. The maximum atomic E-state index is 12.9. The molecule has 3 rings (SSSR count). The van der Waals surface area contributed by atoms with Gasteiger partial charge in [0.05, 0.1) is 17.9 Å². The van der Waals surface area contributed by atoms with Crippen LogP contribution < -0.4 is 10.6 Å². The van der Waals surface area contributed by atoms with Crippen molar-refractivity contribution >= 4 is 51.6 Å². The molecule has 0 aliphatic heterocycles. The van der Waals surface area contributed by atoms with Crippen LogP contribution in [0.4, 0.5) is 10.7 Å². The Balaban J connectivity index is 1.70. The van der Waals surface area contributed by atoms with Crippen molar-refractivity contribution in [3.05, 3.63) is 40.3 Å². The number of ether oxygens (including phenoxy) is 1. The van der Waals surface area contributed by atoms with E-state index in [-0.39, 0.29) is 29.0 Å². The van der Waals surface area contributed by atoms with Gasteiger partial charge in [0.2, 0.25) is 11.8 Å². The Kier molecular flexibility index (Phi) is 9.41. The van der Waals surface area contributed by atoms with Crippen molar-refractivity contribution in [2.24, 2.45) is 11.3 Å². The van der Waals surface area contributed by atoms with Gasteiger partial charge in [-0.1, -0.05) is 33.8 Å². The molecule has 1 aliphatic carbocycles. The Labute approximate surface area is 216 Å². The fourth-order valence-electron chi connectivity index (χ4n) is 4.26. The molecule has 1 aliphatic rings. The zero-order chi connectivity index (χ0) is 25.6. The lowest BCUT2D eigenvalue weighted by molar-refractivity contribution is -0.116. The zero-order valence-corrected chi connectivity index (χ0v) is 22.9. The molecule has 0 radical (unpaired) electrons. The number of carbonyl (C=O) groups excluding carboxylic acids is 3. The van der Waals surface area contributed by atoms with Gasteiger partial charge >= 0.3 is 5.97 Å². The summed E-state index contributed by atoms with van der Waals surface area (Å²) in [5.74, 6) is 0.175. The van der Waals surface area contributed by atoms with Crippen LogP contribution in [0.15, 0.2) is 29.2 Å². The Morgan fingerprint density at radius 3 is 2.60 bits per heavy atom. The lowest BCUT2D eigenvalue weighted by atomic mass is 9.72. The molecule has 0 spiro atoms. The van der Waals surface area contributed by atoms with Crippen LogP contribution in [0.5, 0.6) is 0 Å². The minimum absolute atomic E-state index is 0.0192. The fraction of sp³-hybridized carbons (Fsp3) is 0.519. The summed E-state index contributed by atoms with van der Waals surface area (Å²) in [6, 6.07) is 7.48. The van der Waals surface area contributed by atoms with E-state index in [4.69, 9.17) is 4.74 Å². The second-order valence-electron chi connectivity index (χ2n) is 9.90. The van der Waals surface area contributed by atoms with E-state index in [1.165, 1.54) is 28.0 Å². The molecule has 6 nitrogen and oxygen atoms in total. The molecule has 1 aromatic carbocycles. The van der Waals surface area contributed by atoms with E-state index in [1.54, 1.807) is 6.92 Å². The lowest BCUT2D eigenvalue weighted by Gasteiger charge is -2.33. The number of hydrogen-bond donors (Lipinski definition) is 2. The summed E-state index contributed by atoms with van der Waals surface area (Å²) in [4.78, 5) is 39.6. The van der Waals surface area contributed by atoms with E-state index < -0.39 is 0 Å². The topological polar surface area (TPSA) is 84.5 Å². The minimum atomic E-state index is -0.363. The van der Waals surface area contributed by atoms with Gasteiger partial charge in [0.25, 0.3) is 0 Å². The largest absolute Gasteiger partial charge is 0.462 e. The molecule has 1 atom stereocenters. The summed E-state index contributed by atoms with van der Waals surface area (Å²) in [6.45, 7) is 10.8. The van der Waals surface area contributed by atoms with Crippen molar-refractivity contribution in [1.29, 1.82) is 0 Å². The molecule has 1 unspecified atom stereocenters. The molecule has 0 saturated carbocycles. The molecule has 190 valence electrons. The third kappa shape index (κ3) is 7.34. The van der Waals surface area contributed by atoms with Gasteiger partial charge in [0, 0.05) is 21.9 Å². The van der Waals surface area contributed by atoms with Crippen LogP contribution in [0, 0.1) is 11.3 Å². The zero-order valence-electron chi connectivity index (χ0n) is 21.3. The number of amides is 2. The number of thiophene rings is 1. The van der Waals surface area contributed by atoms with Gasteiger partial charge < -0.3 is 15.4 Å². The first-order valence-electron chi connectivity index (χ1n) is 12.3. The highest BCUT2D eigenvalue weighted by Crippen LogP contribution is 2.44. The number of anilines is 2. The van der Waals surface area contributed by atoms with Crippen molar-refractivity contribution in [3.63, 3.8) is 0 Å². The molecular formula is C27H36N2O4S2. The Morgan fingerprint density at radius 1 is 1.14 bits per heavy atom. The third-order valence-electron chi connectivity index (χ3n) is 6.19. The number of nitrogens with one attached hydrogen (secondary N) is 2. The van der Waals surface area contributed by atoms with Crippen LogP contribution in [0.25, 0.3) is 0 Å². The standard InChI is InChI=1S/C27H36N2O4S2/c1-6-9-22(30)28-18-10-8-11-19(15-18)34-16-23(31)29-25-24(26(32)33-7-2)20-13-12-17(27(3,4)5)14-21(20)35-25/h8,10-11,15,17H,6-7,9,12-14,16H2,1-5H3,(H,28,30)(H,29,31). The molecule has 0 fully saturated rings. The smallest absolute Gasteiger partial charge is 0.341 e. The molecule has 2 amide bonds. The van der Waals surface area contributed by atoms with Gasteiger partial charge in [-0.2, -0.15) is 0 Å². The van der Waals surface area contributed by atoms with E-state index in [0.717, 1.165) is 41.8 Å². The molecule has 8 heteroatoms. The fourth-order valence-corrected chi connectivity index (χ4v) is 6.34. The van der Waals surface area contributed by atoms with Crippen molar-refractivity contribution in [2.45, 2.75) is 71.6 Å². The Hall–Kier alpha value is -2.32. The van der Waals surface area contributed by atoms with Crippen LogP contribution in [0.2, 0.25) is 0 Å². The van der Waals surface area contributed by atoms with E-state index in [9.17, 15) is 14.4 Å². The van der Waals surface area contributed by atoms with Gasteiger partial charge in [-0.05, 0) is 67.7 Å². The predicted molar refractivity (Wildman–Crippen MR) is 145 cm³/mol. The summed E-state index contributed by atoms with van der Waals surface area (Å²) in [6.07, 6.45) is 4.02. The highest BCUT2D eigenvalue weighted by molar-refractivity contribution is 8.00. The van der Waals surface area contributed by atoms with Crippen LogP contribution >= 0.6 is 23.1 Å². The van der Waals surface area contributed by atoms with Crippen molar-refractivity contribution < 1.29 is 19.1 Å². The average Bonchev–Trinajstić information content (AvgIpc) is 3.14. The van der Waals surface area contributed by atoms with E-state index in [2.05, 4.69) is 31.4 Å². The number of esters is 1. The quantitative estimate of drug-likeness (QED) is 0.292. The Morgan fingerprint density at radius 2 is 1.91 bits per heavy atom. The van der Waals surface area contributed by atoms with Crippen molar-refractivity contribution in [1.82, 2.24) is 0 Å². The second-order valence-corrected chi connectivity index (χ2v) is 12.1. The van der Waals surface area contributed by atoms with Gasteiger partial charge in [0.15, 0.2) is 0 Å². The average molecular weight is 517 g/mol. The Bertz CT molecular complexity index is 1070. The number of thioether (sulfide) groups is 1. The molecule has 1 heterocycles. The second kappa shape index (κ2) is 12.1. The van der Waals surface area contributed by atoms with E-state index >= 15 is 0 Å². The number of fused-ring (bicyclic) bond motifs is 1. The summed E-state index contributed by atoms with van der Waals surface area (Å²) >= 11 is 2.90. The predicted octanol–water partition coefficient (Wildman–Crippen LogP) is 6.55. The summed E-state index contributed by atoms with van der Waals surface area (Å²) in [7, 11) is 0. The molecule has 2 aromatic rings. The van der Waals surface area contributed by atoms with Gasteiger partial charge in [-0.15, -0.1) is 23.1 Å². The van der Waals surface area contributed by atoms with Gasteiger partial charge in [-0.25, -0.2) is 4.79 Å². The maximum Gasteiger partial charge on any atom is 0.341 e. The highest BCUT2D eigenvalue weighted by atomic mass is 32.2. The van der Waals surface area contributed by atoms with Crippen LogP contribution in [-0.4, -0.2) is 30.1 Å². The molecular weight excluding hydrogens is 480 g/mol. The molecule has 35 heavy (non-hydrogen) atoms. The summed E-state index contributed by atoms with van der Waals surface area (Å²) < 4.78 is 5.34. The highest BCUT2D eigenvalue weighted by Gasteiger charge is 2.34. The first-order chi connectivity index (χ1) is 16.6. The molecule has 0 saturated heterocycles. The van der Waals surface area contributed by atoms with Gasteiger partial charge in [0.1, 0.15) is 5.00 Å². The first kappa shape index (κ1) is 27.3. The van der Waals surface area contributed by atoms with E-state index in [1.807, 2.05) is 31.2 Å². The minimum Gasteiger partial charge on any atom is -0.462 e. The first-order valence-corrected chi connectivity index (χ1v) is 14.1. The van der Waals surface area contributed by atoms with Crippen molar-refractivity contribution in [2.75, 3.05) is 23.0 Å². The molecule has 0 bridgehead atoms. The summed E-state index contributed by atoms with van der Waals surface area (Å²) in [5, 5.41) is 6.46. The van der Waals surface area contributed by atoms with Crippen LogP contribution in [0.3, 0.4) is 0 Å².